The molecule has 0 unspecified atom stereocenters. The third-order valence-corrected chi connectivity index (χ3v) is 4.56. The molecule has 188 valence electrons. The predicted octanol–water partition coefficient (Wildman–Crippen LogP) is 3.65. The van der Waals surface area contributed by atoms with E-state index in [0.29, 0.717) is 23.0 Å². The summed E-state index contributed by atoms with van der Waals surface area (Å²) in [7, 11) is 1.38. The number of benzene rings is 2. The molecule has 9 nitrogen and oxygen atoms in total. The molecule has 0 spiro atoms. The molecule has 0 aliphatic rings. The molecule has 2 atom stereocenters. The molecule has 0 saturated heterocycles. The summed E-state index contributed by atoms with van der Waals surface area (Å²) in [6.45, 7) is 1.54. The molecule has 0 saturated carbocycles. The summed E-state index contributed by atoms with van der Waals surface area (Å²) in [5.41, 5.74) is 2.16. The molecule has 2 rings (SSSR count). The summed E-state index contributed by atoms with van der Waals surface area (Å²) in [6, 6.07) is 9.10. The Morgan fingerprint density at radius 3 is 2.46 bits per heavy atom. The number of ether oxygens (including phenoxy) is 3. The van der Waals surface area contributed by atoms with Crippen LogP contribution in [0.3, 0.4) is 0 Å². The zero-order valence-electron chi connectivity index (χ0n) is 19.0. The van der Waals surface area contributed by atoms with Gasteiger partial charge >= 0.3 is 6.09 Å². The van der Waals surface area contributed by atoms with Crippen LogP contribution in [0.15, 0.2) is 66.3 Å². The van der Waals surface area contributed by atoms with Crippen LogP contribution in [0.1, 0.15) is 18.6 Å². The van der Waals surface area contributed by atoms with Gasteiger partial charge in [0.1, 0.15) is 30.1 Å². The first-order valence-electron chi connectivity index (χ1n) is 10.4. The lowest BCUT2D eigenvalue weighted by Gasteiger charge is -2.25. The number of amides is 2. The maximum absolute atomic E-state index is 14.0. The summed E-state index contributed by atoms with van der Waals surface area (Å²) >= 11 is 0. The fourth-order valence-electron chi connectivity index (χ4n) is 2.92. The van der Waals surface area contributed by atoms with Gasteiger partial charge in [0, 0.05) is 19.3 Å². The average Bonchev–Trinajstić information content (AvgIpc) is 2.84. The molecule has 11 heteroatoms. The summed E-state index contributed by atoms with van der Waals surface area (Å²) < 4.78 is 43.4. The van der Waals surface area contributed by atoms with Crippen LogP contribution in [0.4, 0.5) is 19.3 Å². The second-order valence-corrected chi connectivity index (χ2v) is 7.14. The van der Waals surface area contributed by atoms with Gasteiger partial charge in [-0.3, -0.25) is 15.3 Å². The zero-order valence-corrected chi connectivity index (χ0v) is 19.0. The highest BCUT2D eigenvalue weighted by molar-refractivity contribution is 5.87. The normalized spacial score (nSPS) is 13.3. The van der Waals surface area contributed by atoms with Gasteiger partial charge in [0.2, 0.25) is 0 Å². The Morgan fingerprint density at radius 1 is 1.14 bits per heavy atom. The fourth-order valence-corrected chi connectivity index (χ4v) is 2.92. The molecular weight excluding hydrogens is 466 g/mol. The maximum atomic E-state index is 14.0. The van der Waals surface area contributed by atoms with Crippen LogP contribution in [0.2, 0.25) is 0 Å². The van der Waals surface area contributed by atoms with Crippen LogP contribution in [0.25, 0.3) is 0 Å². The van der Waals surface area contributed by atoms with Crippen molar-refractivity contribution in [1.29, 1.82) is 0 Å². The Bertz CT molecular complexity index is 1060. The Labute approximate surface area is 200 Å². The lowest BCUT2D eigenvalue weighted by molar-refractivity contribution is -0.124. The molecule has 2 aromatic rings. The van der Waals surface area contributed by atoms with Gasteiger partial charge in [-0.2, -0.15) is 0 Å². The van der Waals surface area contributed by atoms with Crippen LogP contribution >= 0.6 is 0 Å². The van der Waals surface area contributed by atoms with Gasteiger partial charge in [-0.05, 0) is 42.3 Å². The van der Waals surface area contributed by atoms with E-state index in [0.717, 1.165) is 18.2 Å². The van der Waals surface area contributed by atoms with Crippen LogP contribution in [0, 0.1) is 11.6 Å². The fraction of sp³-hybridized carbons (Fsp3) is 0.250. The first-order valence-corrected chi connectivity index (χ1v) is 10.4. The van der Waals surface area contributed by atoms with Gasteiger partial charge in [-0.1, -0.05) is 24.3 Å². The molecule has 0 aliphatic carbocycles. The van der Waals surface area contributed by atoms with Crippen molar-refractivity contribution >= 4 is 17.7 Å². The number of methoxy groups -OCH3 is 1. The number of carbonyl (C=O) groups is 2. The Hall–Kier alpha value is -3.80. The van der Waals surface area contributed by atoms with Crippen LogP contribution < -0.4 is 15.5 Å². The molecule has 0 radical (unpaired) electrons. The van der Waals surface area contributed by atoms with E-state index in [1.165, 1.54) is 24.7 Å². The number of carbonyl (C=O) groups excluding carboxylic acids is 2. The molecule has 2 aromatic carbocycles. The average molecular weight is 492 g/mol. The minimum atomic E-state index is -1.04. The minimum Gasteiger partial charge on any atom is -0.491 e. The van der Waals surface area contributed by atoms with Gasteiger partial charge in [0.25, 0.3) is 5.91 Å². The minimum absolute atomic E-state index is 0.0986. The third kappa shape index (κ3) is 8.81. The van der Waals surface area contributed by atoms with Gasteiger partial charge in [0.15, 0.2) is 6.10 Å². The number of halogens is 2. The maximum Gasteiger partial charge on any atom is 0.412 e. The standard InChI is InChI=1S/C24H26F2N2O7/c1-15(13-22(30)28-32)3-10-21(33-2)23(16-4-7-18(8-5-16)34-12-11-29)35-24(31)27-20-9-6-17(25)14-19(20)26/h3-10,13-14,21,23,29,32H,11-12H2,1-2H3,(H,27,31)(H,28,30)/b10-3+,15-13+/t21-,23-/m1/s1. The quantitative estimate of drug-likeness (QED) is 0.163. The molecule has 2 amide bonds. The van der Waals surface area contributed by atoms with Crippen LogP contribution in [-0.2, 0) is 14.3 Å². The van der Waals surface area contributed by atoms with E-state index in [1.807, 2.05) is 0 Å². The number of hydroxylamine groups is 1. The SMILES string of the molecule is CO[C@H](/C=C/C(C)=C/C(=O)NO)[C@H](OC(=O)Nc1ccc(F)cc1F)c1ccc(OCCO)cc1. The van der Waals surface area contributed by atoms with Crippen LogP contribution in [-0.4, -0.2) is 48.7 Å². The zero-order chi connectivity index (χ0) is 25.8. The highest BCUT2D eigenvalue weighted by atomic mass is 19.1. The van der Waals surface area contributed by atoms with E-state index in [4.69, 9.17) is 24.5 Å². The van der Waals surface area contributed by atoms with Crippen molar-refractivity contribution in [2.75, 3.05) is 25.6 Å². The molecule has 0 bridgehead atoms. The van der Waals surface area contributed by atoms with Gasteiger partial charge in [0.05, 0.1) is 12.3 Å². The van der Waals surface area contributed by atoms with Gasteiger partial charge < -0.3 is 19.3 Å². The van der Waals surface area contributed by atoms with E-state index in [9.17, 15) is 18.4 Å². The van der Waals surface area contributed by atoms with Crippen molar-refractivity contribution in [3.05, 3.63) is 83.5 Å². The summed E-state index contributed by atoms with van der Waals surface area (Å²) in [6.07, 6.45) is 1.27. The first-order chi connectivity index (χ1) is 16.8. The lowest BCUT2D eigenvalue weighted by Crippen LogP contribution is -2.27. The second kappa shape index (κ2) is 13.8. The van der Waals surface area contributed by atoms with Crippen molar-refractivity contribution in [3.63, 3.8) is 0 Å². The smallest absolute Gasteiger partial charge is 0.412 e. The van der Waals surface area contributed by atoms with Crippen molar-refractivity contribution in [2.45, 2.75) is 19.1 Å². The lowest BCUT2D eigenvalue weighted by atomic mass is 10.0. The predicted molar refractivity (Wildman–Crippen MR) is 122 cm³/mol. The Kier molecular flexibility index (Phi) is 10.8. The topological polar surface area (TPSA) is 126 Å². The number of allylic oxidation sites excluding steroid dienone is 2. The number of rotatable bonds is 11. The first kappa shape index (κ1) is 27.4. The second-order valence-electron chi connectivity index (χ2n) is 7.14. The number of aliphatic hydroxyl groups is 1. The summed E-state index contributed by atoms with van der Waals surface area (Å²) in [4.78, 5) is 23.9. The molecule has 35 heavy (non-hydrogen) atoms. The number of hydrogen-bond donors (Lipinski definition) is 4. The van der Waals surface area contributed by atoms with Crippen molar-refractivity contribution in [3.8, 4) is 5.75 Å². The Balaban J connectivity index is 2.30. The van der Waals surface area contributed by atoms with Crippen molar-refractivity contribution in [1.82, 2.24) is 5.48 Å². The number of anilines is 1. The van der Waals surface area contributed by atoms with E-state index >= 15 is 0 Å². The van der Waals surface area contributed by atoms with Gasteiger partial charge in [-0.25, -0.2) is 19.1 Å². The number of hydrogen-bond acceptors (Lipinski definition) is 7. The van der Waals surface area contributed by atoms with Gasteiger partial charge in [-0.15, -0.1) is 0 Å². The molecular formula is C24H26F2N2O7. The van der Waals surface area contributed by atoms with E-state index in [1.54, 1.807) is 31.2 Å². The molecule has 4 N–H and O–H groups in total. The summed E-state index contributed by atoms with van der Waals surface area (Å²) in [5, 5.41) is 19.8. The number of aliphatic hydroxyl groups excluding tert-OH is 1. The highest BCUT2D eigenvalue weighted by Crippen LogP contribution is 2.28. The third-order valence-electron chi connectivity index (χ3n) is 4.56. The molecule has 0 aromatic heterocycles. The number of nitrogens with one attached hydrogen (secondary N) is 2. The van der Waals surface area contributed by atoms with Crippen molar-refractivity contribution < 1.29 is 42.9 Å². The molecule has 0 heterocycles. The molecule has 0 fully saturated rings. The van der Waals surface area contributed by atoms with E-state index in [2.05, 4.69) is 5.32 Å². The van der Waals surface area contributed by atoms with E-state index < -0.39 is 35.8 Å². The van der Waals surface area contributed by atoms with Crippen LogP contribution in [0.5, 0.6) is 5.75 Å². The Morgan fingerprint density at radius 2 is 1.86 bits per heavy atom. The molecule has 0 aliphatic heterocycles. The van der Waals surface area contributed by atoms with Crippen molar-refractivity contribution in [2.24, 2.45) is 0 Å². The largest absolute Gasteiger partial charge is 0.491 e. The summed E-state index contributed by atoms with van der Waals surface area (Å²) in [5.74, 6) is -2.04. The highest BCUT2D eigenvalue weighted by Gasteiger charge is 2.26. The monoisotopic (exact) mass is 492 g/mol. The van der Waals surface area contributed by atoms with E-state index in [-0.39, 0.29) is 18.9 Å².